The van der Waals surface area contributed by atoms with E-state index in [0.717, 1.165) is 49.2 Å². The highest BCUT2D eigenvalue weighted by molar-refractivity contribution is 6.00. The van der Waals surface area contributed by atoms with Crippen LogP contribution in [0.15, 0.2) is 24.3 Å². The summed E-state index contributed by atoms with van der Waals surface area (Å²) in [7, 11) is 0. The number of nitrogens with one attached hydrogen (secondary N) is 4. The van der Waals surface area contributed by atoms with E-state index in [-0.39, 0.29) is 16.7 Å². The number of H-pyrrole nitrogens is 1. The van der Waals surface area contributed by atoms with Crippen LogP contribution in [0.25, 0.3) is 0 Å². The molecule has 0 radical (unpaired) electrons. The number of hydrogen-bond acceptors (Lipinski definition) is 4. The topological polar surface area (TPSA) is 105 Å². The third kappa shape index (κ3) is 4.98. The molecule has 3 unspecified atom stereocenters. The number of hydrogen-bond donors (Lipinski definition) is 4. The Hall–Kier alpha value is -2.42. The van der Waals surface area contributed by atoms with E-state index in [1.165, 1.54) is 0 Å². The van der Waals surface area contributed by atoms with Crippen LogP contribution in [0.1, 0.15) is 58.2 Å². The SMILES string of the molecule is CC(CNCc1cc(NC(=O)Nc2cccc3c2CC2CCC[N+]32[O-])n[nH]1)CC(C)(C)C. The van der Waals surface area contributed by atoms with Crippen molar-refractivity contribution >= 4 is 23.2 Å². The number of carbonyl (C=O) groups is 1. The van der Waals surface area contributed by atoms with E-state index in [0.29, 0.717) is 35.9 Å². The minimum atomic E-state index is -0.354. The van der Waals surface area contributed by atoms with Crippen molar-refractivity contribution in [2.24, 2.45) is 11.3 Å². The lowest BCUT2D eigenvalue weighted by atomic mass is 9.85. The maximum atomic E-state index is 13.2. The summed E-state index contributed by atoms with van der Waals surface area (Å²) in [5, 5.41) is 29.5. The molecule has 32 heavy (non-hydrogen) atoms. The molecule has 4 rings (SSSR count). The number of benzene rings is 1. The Kier molecular flexibility index (Phi) is 6.29. The van der Waals surface area contributed by atoms with Gasteiger partial charge < -0.3 is 20.5 Å². The number of quaternary nitrogens is 1. The molecule has 1 saturated heterocycles. The van der Waals surface area contributed by atoms with E-state index in [1.807, 2.05) is 24.3 Å². The summed E-state index contributed by atoms with van der Waals surface area (Å²) < 4.78 is -0.240. The average Bonchev–Trinajstić information content (AvgIpc) is 3.35. The van der Waals surface area contributed by atoms with Crippen molar-refractivity contribution in [1.29, 1.82) is 0 Å². The summed E-state index contributed by atoms with van der Waals surface area (Å²) in [5.41, 5.74) is 3.73. The molecule has 0 bridgehead atoms. The zero-order valence-corrected chi connectivity index (χ0v) is 19.6. The van der Waals surface area contributed by atoms with Gasteiger partial charge in [0.15, 0.2) is 5.82 Å². The molecule has 8 heteroatoms. The molecule has 2 aliphatic rings. The largest absolute Gasteiger partial charge is 0.627 e. The van der Waals surface area contributed by atoms with Crippen molar-refractivity contribution in [3.8, 4) is 0 Å². The van der Waals surface area contributed by atoms with Gasteiger partial charge in [0.05, 0.1) is 24.0 Å². The summed E-state index contributed by atoms with van der Waals surface area (Å²) in [6, 6.07) is 7.20. The van der Waals surface area contributed by atoms with Gasteiger partial charge in [-0.05, 0) is 36.4 Å². The van der Waals surface area contributed by atoms with E-state index in [9.17, 15) is 10.0 Å². The molecule has 1 aromatic carbocycles. The number of urea groups is 1. The number of hydroxylamine groups is 2. The first-order chi connectivity index (χ1) is 15.1. The van der Waals surface area contributed by atoms with Gasteiger partial charge in [-0.25, -0.2) is 4.79 Å². The minimum absolute atomic E-state index is 0.0866. The number of nitrogens with zero attached hydrogens (tertiary/aromatic N) is 2. The molecule has 0 spiro atoms. The average molecular weight is 441 g/mol. The highest BCUT2D eigenvalue weighted by atomic mass is 16.6. The van der Waals surface area contributed by atoms with E-state index >= 15 is 0 Å². The van der Waals surface area contributed by atoms with Crippen molar-refractivity contribution in [3.63, 3.8) is 0 Å². The number of aromatic amines is 1. The zero-order valence-electron chi connectivity index (χ0n) is 19.6. The highest BCUT2D eigenvalue weighted by Crippen LogP contribution is 2.46. The second-order valence-corrected chi connectivity index (χ2v) is 10.7. The third-order valence-corrected chi connectivity index (χ3v) is 6.51. The summed E-state index contributed by atoms with van der Waals surface area (Å²) >= 11 is 0. The van der Waals surface area contributed by atoms with E-state index in [4.69, 9.17) is 0 Å². The van der Waals surface area contributed by atoms with Crippen molar-refractivity contribution in [2.75, 3.05) is 23.7 Å². The van der Waals surface area contributed by atoms with Gasteiger partial charge in [-0.3, -0.25) is 10.4 Å². The molecule has 174 valence electrons. The lowest BCUT2D eigenvalue weighted by molar-refractivity contribution is 0.262. The van der Waals surface area contributed by atoms with Gasteiger partial charge in [0.25, 0.3) is 0 Å². The van der Waals surface area contributed by atoms with Crippen molar-refractivity contribution in [2.45, 2.75) is 66.0 Å². The fourth-order valence-electron chi connectivity index (χ4n) is 5.37. The van der Waals surface area contributed by atoms with Crippen LogP contribution in [0.5, 0.6) is 0 Å². The summed E-state index contributed by atoms with van der Waals surface area (Å²) in [6.07, 6.45) is 3.80. The lowest BCUT2D eigenvalue weighted by Crippen LogP contribution is -2.44. The summed E-state index contributed by atoms with van der Waals surface area (Å²) in [6.45, 7) is 11.3. The van der Waals surface area contributed by atoms with Gasteiger partial charge in [-0.15, -0.1) is 0 Å². The molecule has 8 nitrogen and oxygen atoms in total. The minimum Gasteiger partial charge on any atom is -0.627 e. The van der Waals surface area contributed by atoms with Gasteiger partial charge >= 0.3 is 6.03 Å². The monoisotopic (exact) mass is 440 g/mol. The van der Waals surface area contributed by atoms with Crippen LogP contribution >= 0.6 is 0 Å². The first kappa shape index (κ1) is 22.8. The molecule has 4 N–H and O–H groups in total. The second kappa shape index (κ2) is 8.84. The molecule has 0 aliphatic carbocycles. The molecule has 3 heterocycles. The molecule has 1 fully saturated rings. The summed E-state index contributed by atoms with van der Waals surface area (Å²) in [5.74, 6) is 1.06. The lowest BCUT2D eigenvalue weighted by Gasteiger charge is -2.39. The van der Waals surface area contributed by atoms with Crippen LogP contribution in [-0.2, 0) is 13.0 Å². The van der Waals surface area contributed by atoms with E-state index in [1.54, 1.807) is 0 Å². The maximum absolute atomic E-state index is 13.2. The number of aromatic nitrogens is 2. The molecule has 2 aliphatic heterocycles. The maximum Gasteiger partial charge on any atom is 0.324 e. The number of carbonyl (C=O) groups excluding carboxylic acids is 1. The van der Waals surface area contributed by atoms with Crippen LogP contribution in [0.4, 0.5) is 22.0 Å². The Bertz CT molecular complexity index is 966. The number of amides is 2. The predicted octanol–water partition coefficient (Wildman–Crippen LogP) is 4.74. The Labute approximate surface area is 190 Å². The standard InChI is InChI=1S/C24H36N6O2/c1-16(13-24(2,3)4)14-25-15-17-11-22(29-28-17)27-23(31)26-20-8-5-9-21-19(20)12-18-7-6-10-30(18,21)32/h5,8-9,11,16,18,25H,6-7,10,12-15H2,1-4H3,(H3,26,27,28,29,31). The Balaban J connectivity index is 1.30. The normalized spacial score (nSPS) is 23.0. The first-order valence-electron chi connectivity index (χ1n) is 11.7. The van der Waals surface area contributed by atoms with Gasteiger partial charge in [0.1, 0.15) is 5.69 Å². The van der Waals surface area contributed by atoms with Gasteiger partial charge in [0.2, 0.25) is 0 Å². The molecule has 2 amide bonds. The molecular formula is C24H36N6O2. The fourth-order valence-corrected chi connectivity index (χ4v) is 5.37. The van der Waals surface area contributed by atoms with Crippen LogP contribution in [-0.4, -0.2) is 35.4 Å². The number of fused-ring (bicyclic) bond motifs is 3. The quantitative estimate of drug-likeness (QED) is 0.369. The third-order valence-electron chi connectivity index (χ3n) is 6.51. The van der Waals surface area contributed by atoms with E-state index < -0.39 is 0 Å². The van der Waals surface area contributed by atoms with Crippen molar-refractivity contribution in [1.82, 2.24) is 20.2 Å². The Morgan fingerprint density at radius 1 is 1.34 bits per heavy atom. The number of rotatable bonds is 7. The molecule has 3 atom stereocenters. The second-order valence-electron chi connectivity index (χ2n) is 10.7. The fraction of sp³-hybridized carbons (Fsp3) is 0.583. The first-order valence-corrected chi connectivity index (χ1v) is 11.7. The molecule has 2 aromatic rings. The van der Waals surface area contributed by atoms with Crippen molar-refractivity contribution in [3.05, 3.63) is 40.7 Å². The van der Waals surface area contributed by atoms with Crippen LogP contribution in [0.3, 0.4) is 0 Å². The predicted molar refractivity (Wildman–Crippen MR) is 129 cm³/mol. The van der Waals surface area contributed by atoms with Crippen LogP contribution in [0.2, 0.25) is 0 Å². The summed E-state index contributed by atoms with van der Waals surface area (Å²) in [4.78, 5) is 12.6. The Morgan fingerprint density at radius 2 is 2.16 bits per heavy atom. The van der Waals surface area contributed by atoms with Gasteiger partial charge in [0, 0.05) is 37.4 Å². The highest BCUT2D eigenvalue weighted by Gasteiger charge is 2.45. The molecular weight excluding hydrogens is 404 g/mol. The smallest absolute Gasteiger partial charge is 0.324 e. The van der Waals surface area contributed by atoms with E-state index in [2.05, 4.69) is 53.8 Å². The van der Waals surface area contributed by atoms with Gasteiger partial charge in [-0.2, -0.15) is 5.10 Å². The van der Waals surface area contributed by atoms with Crippen molar-refractivity contribution < 1.29 is 4.79 Å². The Morgan fingerprint density at radius 3 is 2.94 bits per heavy atom. The molecule has 1 aromatic heterocycles. The van der Waals surface area contributed by atoms with Crippen LogP contribution in [0, 0.1) is 16.5 Å². The zero-order chi connectivity index (χ0) is 22.9. The number of anilines is 2. The van der Waals surface area contributed by atoms with Gasteiger partial charge in [-0.1, -0.05) is 33.8 Å². The molecule has 0 saturated carbocycles. The van der Waals surface area contributed by atoms with Crippen LogP contribution < -0.4 is 20.6 Å².